The van der Waals surface area contributed by atoms with Crippen molar-refractivity contribution in [2.24, 2.45) is 0 Å². The molecule has 0 amide bonds. The lowest BCUT2D eigenvalue weighted by Gasteiger charge is -2.06. The van der Waals surface area contributed by atoms with Crippen LogP contribution >= 0.6 is 0 Å². The first-order chi connectivity index (χ1) is 4.39. The van der Waals surface area contributed by atoms with Gasteiger partial charge in [-0.25, -0.2) is 0 Å². The Bertz CT molecular complexity index is 219. The summed E-state index contributed by atoms with van der Waals surface area (Å²) in [4.78, 5) is 0. The summed E-state index contributed by atoms with van der Waals surface area (Å²) in [6.45, 7) is 1.17. The highest BCUT2D eigenvalue weighted by Gasteiger charge is 2.22. The Morgan fingerprint density at radius 1 is 1.70 bits per heavy atom. The van der Waals surface area contributed by atoms with Gasteiger partial charge in [0.05, 0.1) is 7.11 Å². The van der Waals surface area contributed by atoms with Gasteiger partial charge in [0.15, 0.2) is 5.25 Å². The van der Waals surface area contributed by atoms with E-state index in [2.05, 4.69) is 4.74 Å². The molecule has 0 spiro atoms. The number of rotatable bonds is 2. The highest BCUT2D eigenvalue weighted by Crippen LogP contribution is 1.98. The zero-order valence-corrected chi connectivity index (χ0v) is 6.47. The standard InChI is InChI=1S/C4H9NO4S/c1-3(4(5)9-2)10(6,7)8/h3,5H,1-2H3,(H,6,7,8). The zero-order valence-electron chi connectivity index (χ0n) is 5.66. The predicted octanol–water partition coefficient (Wildman–Crippen LogP) is -0.114. The van der Waals surface area contributed by atoms with E-state index in [1.54, 1.807) is 0 Å². The quantitative estimate of drug-likeness (QED) is 0.341. The van der Waals surface area contributed by atoms with Crippen LogP contribution in [0.3, 0.4) is 0 Å². The number of nitrogens with one attached hydrogen (secondary N) is 1. The zero-order chi connectivity index (χ0) is 8.36. The van der Waals surface area contributed by atoms with Gasteiger partial charge < -0.3 is 4.74 Å². The van der Waals surface area contributed by atoms with Crippen LogP contribution in [0.4, 0.5) is 0 Å². The van der Waals surface area contributed by atoms with Gasteiger partial charge in [0, 0.05) is 0 Å². The Balaban J connectivity index is 4.39. The molecule has 0 bridgehead atoms. The van der Waals surface area contributed by atoms with Crippen LogP contribution in [0.1, 0.15) is 6.92 Å². The first kappa shape index (κ1) is 9.38. The highest BCUT2D eigenvalue weighted by atomic mass is 32.2. The highest BCUT2D eigenvalue weighted by molar-refractivity contribution is 7.87. The van der Waals surface area contributed by atoms with E-state index >= 15 is 0 Å². The maximum atomic E-state index is 10.3. The summed E-state index contributed by atoms with van der Waals surface area (Å²) in [5.41, 5.74) is 0. The summed E-state index contributed by atoms with van der Waals surface area (Å²) < 4.78 is 33.2. The largest absolute Gasteiger partial charge is 0.483 e. The Labute approximate surface area is 59.3 Å². The van der Waals surface area contributed by atoms with Crippen LogP contribution in [0.5, 0.6) is 0 Å². The number of hydrogen-bond donors (Lipinski definition) is 2. The van der Waals surface area contributed by atoms with Crippen LogP contribution < -0.4 is 0 Å². The van der Waals surface area contributed by atoms with Crippen molar-refractivity contribution in [3.63, 3.8) is 0 Å². The third-order valence-corrected chi connectivity index (χ3v) is 2.14. The van der Waals surface area contributed by atoms with E-state index in [1.807, 2.05) is 0 Å². The average Bonchev–Trinajstić information content (AvgIpc) is 1.83. The molecule has 0 saturated carbocycles. The van der Waals surface area contributed by atoms with Gasteiger partial charge in [-0.1, -0.05) is 0 Å². The molecule has 1 atom stereocenters. The van der Waals surface area contributed by atoms with Crippen LogP contribution in [-0.4, -0.2) is 31.2 Å². The van der Waals surface area contributed by atoms with Crippen molar-refractivity contribution in [3.05, 3.63) is 0 Å². The molecule has 2 N–H and O–H groups in total. The van der Waals surface area contributed by atoms with Gasteiger partial charge in [-0.05, 0) is 6.92 Å². The molecule has 5 nitrogen and oxygen atoms in total. The van der Waals surface area contributed by atoms with Crippen LogP contribution in [0, 0.1) is 5.41 Å². The van der Waals surface area contributed by atoms with Crippen molar-refractivity contribution < 1.29 is 17.7 Å². The second kappa shape index (κ2) is 2.98. The molecule has 0 aliphatic rings. The van der Waals surface area contributed by atoms with E-state index in [1.165, 1.54) is 14.0 Å². The van der Waals surface area contributed by atoms with Gasteiger partial charge in [-0.3, -0.25) is 9.96 Å². The van der Waals surface area contributed by atoms with Crippen molar-refractivity contribution in [1.29, 1.82) is 5.41 Å². The topological polar surface area (TPSA) is 87.5 Å². The molecule has 0 radical (unpaired) electrons. The van der Waals surface area contributed by atoms with Crippen LogP contribution in [0.2, 0.25) is 0 Å². The molecule has 0 aliphatic carbocycles. The Kier molecular flexibility index (Phi) is 2.79. The van der Waals surface area contributed by atoms with Gasteiger partial charge in [0.25, 0.3) is 10.1 Å². The fourth-order valence-corrected chi connectivity index (χ4v) is 0.668. The van der Waals surface area contributed by atoms with Gasteiger partial charge >= 0.3 is 0 Å². The minimum atomic E-state index is -4.16. The molecular weight excluding hydrogens is 158 g/mol. The van der Waals surface area contributed by atoms with Gasteiger partial charge in [-0.15, -0.1) is 0 Å². The molecule has 0 fully saturated rings. The number of methoxy groups -OCH3 is 1. The van der Waals surface area contributed by atoms with E-state index in [9.17, 15) is 8.42 Å². The Morgan fingerprint density at radius 3 is 2.20 bits per heavy atom. The summed E-state index contributed by atoms with van der Waals surface area (Å²) in [7, 11) is -2.99. The summed E-state index contributed by atoms with van der Waals surface area (Å²) in [5, 5.41) is 5.56. The van der Waals surface area contributed by atoms with Crippen molar-refractivity contribution >= 4 is 16.0 Å². The van der Waals surface area contributed by atoms with E-state index in [0.29, 0.717) is 0 Å². The number of ether oxygens (including phenoxy) is 1. The predicted molar refractivity (Wildman–Crippen MR) is 35.7 cm³/mol. The minimum absolute atomic E-state index is 0.470. The van der Waals surface area contributed by atoms with Crippen LogP contribution in [-0.2, 0) is 14.9 Å². The van der Waals surface area contributed by atoms with Crippen molar-refractivity contribution in [3.8, 4) is 0 Å². The molecule has 0 saturated heterocycles. The maximum absolute atomic E-state index is 10.3. The molecule has 0 aliphatic heterocycles. The molecular formula is C4H9NO4S. The van der Waals surface area contributed by atoms with E-state index in [-0.39, 0.29) is 0 Å². The van der Waals surface area contributed by atoms with Crippen molar-refractivity contribution in [2.45, 2.75) is 12.2 Å². The molecule has 0 aromatic carbocycles. The maximum Gasteiger partial charge on any atom is 0.276 e. The SMILES string of the molecule is COC(=N)C(C)S(=O)(=O)O. The Hall–Kier alpha value is -0.620. The Morgan fingerprint density at radius 2 is 2.10 bits per heavy atom. The lowest BCUT2D eigenvalue weighted by molar-refractivity contribution is 0.383. The van der Waals surface area contributed by atoms with Crippen molar-refractivity contribution in [1.82, 2.24) is 0 Å². The third-order valence-electron chi connectivity index (χ3n) is 1.04. The molecule has 1 unspecified atom stereocenters. The summed E-state index contributed by atoms with van der Waals surface area (Å²) in [5.74, 6) is -0.470. The monoisotopic (exact) mass is 167 g/mol. The number of hydrogen-bond acceptors (Lipinski definition) is 4. The van der Waals surface area contributed by atoms with E-state index in [4.69, 9.17) is 9.96 Å². The van der Waals surface area contributed by atoms with Crippen LogP contribution in [0.15, 0.2) is 0 Å². The van der Waals surface area contributed by atoms with E-state index in [0.717, 1.165) is 0 Å². The lowest BCUT2D eigenvalue weighted by Crippen LogP contribution is -2.26. The fourth-order valence-electron chi connectivity index (χ4n) is 0.301. The van der Waals surface area contributed by atoms with Gasteiger partial charge in [0.2, 0.25) is 5.90 Å². The minimum Gasteiger partial charge on any atom is -0.483 e. The summed E-state index contributed by atoms with van der Waals surface area (Å²) in [6.07, 6.45) is 0. The second-order valence-electron chi connectivity index (χ2n) is 1.73. The molecule has 0 heterocycles. The fraction of sp³-hybridized carbons (Fsp3) is 0.750. The lowest BCUT2D eigenvalue weighted by atomic mass is 10.5. The molecule has 60 valence electrons. The van der Waals surface area contributed by atoms with Crippen molar-refractivity contribution in [2.75, 3.05) is 7.11 Å². The first-order valence-corrected chi connectivity index (χ1v) is 3.98. The molecule has 6 heteroatoms. The first-order valence-electron chi connectivity index (χ1n) is 2.48. The molecule has 10 heavy (non-hydrogen) atoms. The van der Waals surface area contributed by atoms with Gasteiger partial charge in [0.1, 0.15) is 0 Å². The smallest absolute Gasteiger partial charge is 0.276 e. The normalized spacial score (nSPS) is 14.3. The van der Waals surface area contributed by atoms with Gasteiger partial charge in [-0.2, -0.15) is 8.42 Å². The average molecular weight is 167 g/mol. The van der Waals surface area contributed by atoms with Crippen LogP contribution in [0.25, 0.3) is 0 Å². The third kappa shape index (κ3) is 2.32. The van der Waals surface area contributed by atoms with E-state index < -0.39 is 21.3 Å². The molecule has 0 aromatic heterocycles. The molecule has 0 aromatic rings. The second-order valence-corrected chi connectivity index (χ2v) is 3.46. The molecule has 0 rings (SSSR count). The summed E-state index contributed by atoms with van der Waals surface area (Å²) >= 11 is 0. The summed E-state index contributed by atoms with van der Waals surface area (Å²) in [6, 6.07) is 0.